The SMILES string of the molecule is O=C([O-])c1ccc(NCN2C(=O)CCC2=O)cc1. The van der Waals surface area contributed by atoms with Gasteiger partial charge < -0.3 is 15.2 Å². The van der Waals surface area contributed by atoms with E-state index in [1.807, 2.05) is 0 Å². The van der Waals surface area contributed by atoms with Gasteiger partial charge in [0.2, 0.25) is 11.8 Å². The Kier molecular flexibility index (Phi) is 3.27. The van der Waals surface area contributed by atoms with Gasteiger partial charge in [0.1, 0.15) is 0 Å². The Labute approximate surface area is 103 Å². The summed E-state index contributed by atoms with van der Waals surface area (Å²) in [6.45, 7) is 0.0995. The molecule has 0 unspecified atom stereocenters. The lowest BCUT2D eigenvalue weighted by Gasteiger charge is -2.15. The van der Waals surface area contributed by atoms with E-state index in [1.165, 1.54) is 12.1 Å². The molecule has 1 N–H and O–H groups in total. The van der Waals surface area contributed by atoms with E-state index in [-0.39, 0.29) is 36.9 Å². The van der Waals surface area contributed by atoms with Crippen LogP contribution in [0.5, 0.6) is 0 Å². The summed E-state index contributed by atoms with van der Waals surface area (Å²) in [6, 6.07) is 5.89. The third kappa shape index (κ3) is 2.48. The lowest BCUT2D eigenvalue weighted by atomic mass is 10.2. The fourth-order valence-electron chi connectivity index (χ4n) is 1.69. The normalized spacial score (nSPS) is 15.0. The zero-order chi connectivity index (χ0) is 13.1. The number of hydrogen-bond donors (Lipinski definition) is 1. The molecule has 18 heavy (non-hydrogen) atoms. The number of carbonyl (C=O) groups excluding carboxylic acids is 3. The maximum atomic E-state index is 11.3. The predicted octanol–water partition coefficient (Wildman–Crippen LogP) is -0.432. The molecular formula is C12H11N2O4-. The second kappa shape index (κ2) is 4.87. The van der Waals surface area contributed by atoms with Crippen LogP contribution in [0, 0.1) is 0 Å². The van der Waals surface area contributed by atoms with Gasteiger partial charge in [-0.15, -0.1) is 0 Å². The van der Waals surface area contributed by atoms with Gasteiger partial charge in [0.15, 0.2) is 0 Å². The molecule has 0 bridgehead atoms. The number of amides is 2. The highest BCUT2D eigenvalue weighted by molar-refractivity contribution is 6.02. The molecule has 0 saturated carbocycles. The zero-order valence-electron chi connectivity index (χ0n) is 9.51. The molecule has 0 spiro atoms. The molecule has 94 valence electrons. The number of nitrogens with zero attached hydrogens (tertiary/aromatic N) is 1. The minimum atomic E-state index is -1.24. The minimum absolute atomic E-state index is 0.0777. The van der Waals surface area contributed by atoms with Crippen LogP contribution < -0.4 is 10.4 Å². The van der Waals surface area contributed by atoms with Crippen molar-refractivity contribution in [1.29, 1.82) is 0 Å². The van der Waals surface area contributed by atoms with Crippen LogP contribution >= 0.6 is 0 Å². The van der Waals surface area contributed by atoms with E-state index in [2.05, 4.69) is 5.32 Å². The summed E-state index contributed by atoms with van der Waals surface area (Å²) in [6.07, 6.45) is 0.508. The number of hydrogen-bond acceptors (Lipinski definition) is 5. The predicted molar refractivity (Wildman–Crippen MR) is 60.3 cm³/mol. The Morgan fingerprint density at radius 2 is 1.72 bits per heavy atom. The molecule has 1 saturated heterocycles. The number of likely N-dealkylation sites (tertiary alicyclic amines) is 1. The third-order valence-corrected chi connectivity index (χ3v) is 2.72. The van der Waals surface area contributed by atoms with Crippen molar-refractivity contribution in [2.75, 3.05) is 12.0 Å². The number of imide groups is 1. The molecule has 2 rings (SSSR count). The molecular weight excluding hydrogens is 236 g/mol. The second-order valence-electron chi connectivity index (χ2n) is 3.92. The van der Waals surface area contributed by atoms with Crippen molar-refractivity contribution in [3.63, 3.8) is 0 Å². The van der Waals surface area contributed by atoms with Crippen LogP contribution in [0.3, 0.4) is 0 Å². The van der Waals surface area contributed by atoms with E-state index in [4.69, 9.17) is 0 Å². The van der Waals surface area contributed by atoms with Crippen molar-refractivity contribution >= 4 is 23.5 Å². The van der Waals surface area contributed by atoms with Crippen LogP contribution in [0.4, 0.5) is 5.69 Å². The average molecular weight is 247 g/mol. The summed E-state index contributed by atoms with van der Waals surface area (Å²) in [5.41, 5.74) is 0.710. The fraction of sp³-hybridized carbons (Fsp3) is 0.250. The first-order chi connectivity index (χ1) is 8.58. The third-order valence-electron chi connectivity index (χ3n) is 2.72. The molecule has 1 fully saturated rings. The summed E-state index contributed by atoms with van der Waals surface area (Å²) in [7, 11) is 0. The first-order valence-electron chi connectivity index (χ1n) is 5.46. The van der Waals surface area contributed by atoms with Gasteiger partial charge in [-0.3, -0.25) is 14.5 Å². The maximum absolute atomic E-state index is 11.3. The quantitative estimate of drug-likeness (QED) is 0.729. The van der Waals surface area contributed by atoms with Gasteiger partial charge in [-0.25, -0.2) is 0 Å². The lowest BCUT2D eigenvalue weighted by molar-refractivity contribution is -0.255. The number of carboxylic acid groups (broad SMARTS) is 1. The summed E-state index contributed by atoms with van der Waals surface area (Å²) >= 11 is 0. The van der Waals surface area contributed by atoms with E-state index < -0.39 is 5.97 Å². The highest BCUT2D eigenvalue weighted by Gasteiger charge is 2.28. The van der Waals surface area contributed by atoms with Crippen LogP contribution in [0.1, 0.15) is 23.2 Å². The van der Waals surface area contributed by atoms with Gasteiger partial charge in [0.25, 0.3) is 0 Å². The molecule has 1 aromatic rings. The molecule has 6 nitrogen and oxygen atoms in total. The zero-order valence-corrected chi connectivity index (χ0v) is 9.51. The number of carboxylic acids is 1. The van der Waals surface area contributed by atoms with Crippen molar-refractivity contribution < 1.29 is 19.5 Å². The van der Waals surface area contributed by atoms with Gasteiger partial charge in [-0.1, -0.05) is 12.1 Å². The number of anilines is 1. The fourth-order valence-corrected chi connectivity index (χ4v) is 1.69. The maximum Gasteiger partial charge on any atom is 0.231 e. The molecule has 0 atom stereocenters. The van der Waals surface area contributed by atoms with E-state index in [9.17, 15) is 19.5 Å². The second-order valence-corrected chi connectivity index (χ2v) is 3.92. The van der Waals surface area contributed by atoms with E-state index in [0.717, 1.165) is 4.90 Å². The molecule has 1 aromatic carbocycles. The molecule has 6 heteroatoms. The minimum Gasteiger partial charge on any atom is -0.545 e. The molecule has 1 aliphatic rings. The standard InChI is InChI=1S/C12H12N2O4/c15-10-5-6-11(16)14(10)7-13-9-3-1-8(2-4-9)12(17)18/h1-4,13H,5-7H2,(H,17,18)/p-1. The summed E-state index contributed by atoms with van der Waals surface area (Å²) in [4.78, 5) is 34.3. The number of carbonyl (C=O) groups is 3. The highest BCUT2D eigenvalue weighted by Crippen LogP contribution is 2.13. The molecule has 0 aromatic heterocycles. The monoisotopic (exact) mass is 247 g/mol. The first-order valence-corrected chi connectivity index (χ1v) is 5.46. The Balaban J connectivity index is 1.96. The Bertz CT molecular complexity index is 479. The van der Waals surface area contributed by atoms with Crippen molar-refractivity contribution in [2.45, 2.75) is 12.8 Å². The van der Waals surface area contributed by atoms with Crippen molar-refractivity contribution in [3.05, 3.63) is 29.8 Å². The van der Waals surface area contributed by atoms with Crippen LogP contribution in [0.25, 0.3) is 0 Å². The molecule has 0 aliphatic carbocycles. The number of nitrogens with one attached hydrogen (secondary N) is 1. The molecule has 1 aliphatic heterocycles. The van der Waals surface area contributed by atoms with Crippen LogP contribution in [-0.2, 0) is 9.59 Å². The topological polar surface area (TPSA) is 89.5 Å². The molecule has 2 amide bonds. The van der Waals surface area contributed by atoms with E-state index in [1.54, 1.807) is 12.1 Å². The van der Waals surface area contributed by atoms with Crippen molar-refractivity contribution in [2.24, 2.45) is 0 Å². The summed E-state index contributed by atoms with van der Waals surface area (Å²) < 4.78 is 0. The van der Waals surface area contributed by atoms with Gasteiger partial charge in [-0.05, 0) is 17.7 Å². The van der Waals surface area contributed by atoms with Crippen molar-refractivity contribution in [1.82, 2.24) is 4.90 Å². The smallest absolute Gasteiger partial charge is 0.231 e. The number of aromatic carboxylic acids is 1. The molecule has 1 heterocycles. The number of benzene rings is 1. The van der Waals surface area contributed by atoms with Gasteiger partial charge in [-0.2, -0.15) is 0 Å². The Morgan fingerprint density at radius 1 is 1.17 bits per heavy atom. The average Bonchev–Trinajstić information content (AvgIpc) is 2.67. The summed E-state index contributed by atoms with van der Waals surface area (Å²) in [5.74, 6) is -1.64. The van der Waals surface area contributed by atoms with Gasteiger partial charge in [0, 0.05) is 18.5 Å². The van der Waals surface area contributed by atoms with Gasteiger partial charge >= 0.3 is 0 Å². The molecule has 0 radical (unpaired) electrons. The van der Waals surface area contributed by atoms with Gasteiger partial charge in [0.05, 0.1) is 12.6 Å². The van der Waals surface area contributed by atoms with Crippen LogP contribution in [-0.4, -0.2) is 29.4 Å². The Hall–Kier alpha value is -2.37. The highest BCUT2D eigenvalue weighted by atomic mass is 16.4. The summed E-state index contributed by atoms with van der Waals surface area (Å²) in [5, 5.41) is 13.4. The number of rotatable bonds is 4. The Morgan fingerprint density at radius 3 is 2.22 bits per heavy atom. The van der Waals surface area contributed by atoms with Crippen LogP contribution in [0.2, 0.25) is 0 Å². The van der Waals surface area contributed by atoms with E-state index in [0.29, 0.717) is 5.69 Å². The van der Waals surface area contributed by atoms with Crippen molar-refractivity contribution in [3.8, 4) is 0 Å². The largest absolute Gasteiger partial charge is 0.545 e. The lowest BCUT2D eigenvalue weighted by Crippen LogP contribution is -2.33. The van der Waals surface area contributed by atoms with E-state index >= 15 is 0 Å². The van der Waals surface area contributed by atoms with Crippen LogP contribution in [0.15, 0.2) is 24.3 Å². The first kappa shape index (κ1) is 12.1.